The molecule has 1 heterocycles. The summed E-state index contributed by atoms with van der Waals surface area (Å²) in [7, 11) is -3.80. The smallest absolute Gasteiger partial charge is 0.335 e. The van der Waals surface area contributed by atoms with Crippen LogP contribution in [-0.2, 0) is 14.8 Å². The second-order valence-electron chi connectivity index (χ2n) is 6.61. The average Bonchev–Trinajstić information content (AvgIpc) is 3.05. The summed E-state index contributed by atoms with van der Waals surface area (Å²) in [6.45, 7) is 5.53. The van der Waals surface area contributed by atoms with Crippen molar-refractivity contribution < 1.29 is 23.1 Å². The lowest BCUT2D eigenvalue weighted by atomic mass is 10.1. The molecule has 0 amide bonds. The topological polar surface area (TPSA) is 105 Å². The van der Waals surface area contributed by atoms with Gasteiger partial charge in [0.2, 0.25) is 10.0 Å². The van der Waals surface area contributed by atoms with Gasteiger partial charge < -0.3 is 15.2 Å². The summed E-state index contributed by atoms with van der Waals surface area (Å²) in [5, 5.41) is 12.3. The Morgan fingerprint density at radius 2 is 2.16 bits per heavy atom. The Bertz CT molecular complexity index is 697. The Morgan fingerprint density at radius 1 is 1.40 bits per heavy atom. The molecule has 0 aromatic heterocycles. The minimum absolute atomic E-state index is 0.0450. The van der Waals surface area contributed by atoms with Gasteiger partial charge in [-0.25, -0.2) is 17.9 Å². The number of ether oxygens (including phenoxy) is 1. The molecular weight excluding hydrogens is 344 g/mol. The molecule has 8 heteroatoms. The number of anilines is 1. The van der Waals surface area contributed by atoms with E-state index in [1.807, 2.05) is 13.8 Å². The Balaban J connectivity index is 2.21. The predicted octanol–water partition coefficient (Wildman–Crippen LogP) is 2.30. The number of benzene rings is 1. The molecule has 0 spiro atoms. The third kappa shape index (κ3) is 5.69. The lowest BCUT2D eigenvalue weighted by molar-refractivity contribution is 0.0696. The molecule has 3 N–H and O–H groups in total. The van der Waals surface area contributed by atoms with Crippen molar-refractivity contribution in [3.63, 3.8) is 0 Å². The maximum atomic E-state index is 12.6. The number of carboxylic acids is 1. The quantitative estimate of drug-likeness (QED) is 0.616. The van der Waals surface area contributed by atoms with E-state index in [9.17, 15) is 13.2 Å². The SMILES string of the molecule is CC(C)CCNS(=O)(=O)c1cc(C(=O)O)ccc1NCC1CCCO1. The van der Waals surface area contributed by atoms with Crippen molar-refractivity contribution in [3.05, 3.63) is 23.8 Å². The van der Waals surface area contributed by atoms with Crippen LogP contribution in [0.15, 0.2) is 23.1 Å². The van der Waals surface area contributed by atoms with Crippen LogP contribution in [0.25, 0.3) is 0 Å². The highest BCUT2D eigenvalue weighted by molar-refractivity contribution is 7.89. The molecule has 1 saturated heterocycles. The Hall–Kier alpha value is -1.64. The van der Waals surface area contributed by atoms with E-state index in [-0.39, 0.29) is 16.6 Å². The van der Waals surface area contributed by atoms with Crippen LogP contribution in [0.3, 0.4) is 0 Å². The lowest BCUT2D eigenvalue weighted by Crippen LogP contribution is -2.27. The van der Waals surface area contributed by atoms with E-state index in [0.29, 0.717) is 37.7 Å². The lowest BCUT2D eigenvalue weighted by Gasteiger charge is -2.16. The zero-order valence-corrected chi connectivity index (χ0v) is 15.4. The number of carbonyl (C=O) groups is 1. The summed E-state index contributed by atoms with van der Waals surface area (Å²) in [6, 6.07) is 4.08. The van der Waals surface area contributed by atoms with Gasteiger partial charge in [0.15, 0.2) is 0 Å². The molecule has 7 nitrogen and oxygen atoms in total. The summed E-state index contributed by atoms with van der Waals surface area (Å²) in [5.41, 5.74) is 0.324. The van der Waals surface area contributed by atoms with Gasteiger partial charge in [0, 0.05) is 19.7 Å². The molecule has 1 fully saturated rings. The van der Waals surface area contributed by atoms with Crippen LogP contribution in [0.2, 0.25) is 0 Å². The summed E-state index contributed by atoms with van der Waals surface area (Å²) < 4.78 is 33.3. The van der Waals surface area contributed by atoms with E-state index in [1.54, 1.807) is 0 Å². The third-order valence-electron chi connectivity index (χ3n) is 4.08. The van der Waals surface area contributed by atoms with E-state index < -0.39 is 16.0 Å². The predicted molar refractivity (Wildman–Crippen MR) is 95.5 cm³/mol. The van der Waals surface area contributed by atoms with Gasteiger partial charge >= 0.3 is 5.97 Å². The number of aromatic carboxylic acids is 1. The number of hydrogen-bond acceptors (Lipinski definition) is 5. The van der Waals surface area contributed by atoms with Gasteiger partial charge in [0.05, 0.1) is 17.4 Å². The zero-order chi connectivity index (χ0) is 18.4. The van der Waals surface area contributed by atoms with Crippen molar-refractivity contribution >= 4 is 21.7 Å². The van der Waals surface area contributed by atoms with Gasteiger partial charge in [-0.15, -0.1) is 0 Å². The van der Waals surface area contributed by atoms with Gasteiger partial charge in [-0.1, -0.05) is 13.8 Å². The Morgan fingerprint density at radius 3 is 2.76 bits per heavy atom. The summed E-state index contributed by atoms with van der Waals surface area (Å²) in [5.74, 6) is -0.797. The molecule has 1 unspecified atom stereocenters. The molecule has 0 aliphatic carbocycles. The van der Waals surface area contributed by atoms with Crippen LogP contribution in [0, 0.1) is 5.92 Å². The van der Waals surface area contributed by atoms with Crippen molar-refractivity contribution in [3.8, 4) is 0 Å². The van der Waals surface area contributed by atoms with Crippen LogP contribution < -0.4 is 10.0 Å². The van der Waals surface area contributed by atoms with E-state index >= 15 is 0 Å². The second-order valence-corrected chi connectivity index (χ2v) is 8.35. The standard InChI is InChI=1S/C17H26N2O5S/c1-12(2)7-8-19-25(22,23)16-10-13(17(20)21)5-6-15(16)18-11-14-4-3-9-24-14/h5-6,10,12,14,18-19H,3-4,7-9,11H2,1-2H3,(H,20,21). The largest absolute Gasteiger partial charge is 0.478 e. The third-order valence-corrected chi connectivity index (χ3v) is 5.58. The first-order valence-electron chi connectivity index (χ1n) is 8.52. The monoisotopic (exact) mass is 370 g/mol. The van der Waals surface area contributed by atoms with Gasteiger partial charge in [0.25, 0.3) is 0 Å². The van der Waals surface area contributed by atoms with Crippen molar-refractivity contribution in [1.29, 1.82) is 0 Å². The maximum Gasteiger partial charge on any atom is 0.335 e. The van der Waals surface area contributed by atoms with Crippen molar-refractivity contribution in [2.45, 2.75) is 44.1 Å². The fourth-order valence-electron chi connectivity index (χ4n) is 2.61. The molecule has 140 valence electrons. The Kier molecular flexibility index (Phi) is 6.80. The summed E-state index contributed by atoms with van der Waals surface area (Å²) in [6.07, 6.45) is 2.67. The molecule has 0 bridgehead atoms. The van der Waals surface area contributed by atoms with Crippen LogP contribution >= 0.6 is 0 Å². The molecule has 1 aromatic rings. The molecule has 1 aromatic carbocycles. The highest BCUT2D eigenvalue weighted by Crippen LogP contribution is 2.24. The number of nitrogens with one attached hydrogen (secondary N) is 2. The number of carboxylic acid groups (broad SMARTS) is 1. The number of rotatable bonds is 9. The minimum atomic E-state index is -3.80. The summed E-state index contributed by atoms with van der Waals surface area (Å²) >= 11 is 0. The fourth-order valence-corrected chi connectivity index (χ4v) is 3.87. The van der Waals surface area contributed by atoms with Crippen molar-refractivity contribution in [2.75, 3.05) is 25.0 Å². The van der Waals surface area contributed by atoms with Crippen LogP contribution in [0.1, 0.15) is 43.5 Å². The van der Waals surface area contributed by atoms with Gasteiger partial charge in [-0.2, -0.15) is 0 Å². The maximum absolute atomic E-state index is 12.6. The molecule has 1 aliphatic heterocycles. The highest BCUT2D eigenvalue weighted by Gasteiger charge is 2.22. The van der Waals surface area contributed by atoms with E-state index in [1.165, 1.54) is 18.2 Å². The molecular formula is C17H26N2O5S. The zero-order valence-electron chi connectivity index (χ0n) is 14.6. The fraction of sp³-hybridized carbons (Fsp3) is 0.588. The van der Waals surface area contributed by atoms with Gasteiger partial charge in [-0.05, 0) is 43.4 Å². The van der Waals surface area contributed by atoms with Crippen LogP contribution in [-0.4, -0.2) is 45.3 Å². The van der Waals surface area contributed by atoms with Crippen LogP contribution in [0.4, 0.5) is 5.69 Å². The first-order chi connectivity index (χ1) is 11.8. The molecule has 25 heavy (non-hydrogen) atoms. The van der Waals surface area contributed by atoms with Crippen molar-refractivity contribution in [2.24, 2.45) is 5.92 Å². The first-order valence-corrected chi connectivity index (χ1v) is 10.0. The minimum Gasteiger partial charge on any atom is -0.478 e. The molecule has 0 radical (unpaired) electrons. The first kappa shape index (κ1) is 19.7. The van der Waals surface area contributed by atoms with E-state index in [0.717, 1.165) is 12.8 Å². The molecule has 1 atom stereocenters. The van der Waals surface area contributed by atoms with Crippen molar-refractivity contribution in [1.82, 2.24) is 4.72 Å². The highest BCUT2D eigenvalue weighted by atomic mass is 32.2. The Labute approximate surface area is 148 Å². The molecule has 2 rings (SSSR count). The van der Waals surface area contributed by atoms with Gasteiger partial charge in [-0.3, -0.25) is 0 Å². The molecule has 0 saturated carbocycles. The van der Waals surface area contributed by atoms with Crippen LogP contribution in [0.5, 0.6) is 0 Å². The average molecular weight is 370 g/mol. The normalized spacial score (nSPS) is 17.8. The molecule has 1 aliphatic rings. The number of sulfonamides is 1. The van der Waals surface area contributed by atoms with E-state index in [2.05, 4.69) is 10.0 Å². The van der Waals surface area contributed by atoms with E-state index in [4.69, 9.17) is 9.84 Å². The van der Waals surface area contributed by atoms with Gasteiger partial charge in [0.1, 0.15) is 4.90 Å². The second kappa shape index (κ2) is 8.64. The summed E-state index contributed by atoms with van der Waals surface area (Å²) in [4.78, 5) is 11.2. The number of hydrogen-bond donors (Lipinski definition) is 3.